The van der Waals surface area contributed by atoms with Crippen molar-refractivity contribution in [2.45, 2.75) is 327 Å². The fourth-order valence-corrected chi connectivity index (χ4v) is 8.82. The number of aliphatic hydroxyl groups excluding tert-OH is 4. The van der Waals surface area contributed by atoms with E-state index in [1.165, 1.54) is 238 Å². The Morgan fingerprint density at radius 1 is 0.356 bits per heavy atom. The van der Waals surface area contributed by atoms with E-state index >= 15 is 0 Å². The summed E-state index contributed by atoms with van der Waals surface area (Å²) in [6, 6.07) is -0.979. The van der Waals surface area contributed by atoms with Crippen molar-refractivity contribution < 1.29 is 25.2 Å². The summed E-state index contributed by atoms with van der Waals surface area (Å²) in [7, 11) is 0. The Morgan fingerprint density at radius 3 is 0.814 bits per heavy atom. The molecular weight excluding hydrogens is 731 g/mol. The molecule has 0 aliphatic rings. The van der Waals surface area contributed by atoms with Crippen molar-refractivity contribution in [2.75, 3.05) is 6.61 Å². The minimum Gasteiger partial charge on any atom is -0.394 e. The molecule has 0 saturated heterocycles. The van der Waals surface area contributed by atoms with E-state index in [0.717, 1.165) is 38.5 Å². The molecule has 0 aliphatic heterocycles. The van der Waals surface area contributed by atoms with E-state index in [0.29, 0.717) is 12.8 Å². The average Bonchev–Trinajstić information content (AvgIpc) is 3.24. The Hall–Kier alpha value is -0.690. The predicted octanol–water partition coefficient (Wildman–Crippen LogP) is 15.1. The summed E-state index contributed by atoms with van der Waals surface area (Å²) >= 11 is 0. The molecule has 5 N–H and O–H groups in total. The lowest BCUT2D eigenvalue weighted by molar-refractivity contribution is -0.132. The van der Waals surface area contributed by atoms with Gasteiger partial charge < -0.3 is 25.7 Å². The van der Waals surface area contributed by atoms with E-state index < -0.39 is 36.9 Å². The van der Waals surface area contributed by atoms with Gasteiger partial charge >= 0.3 is 0 Å². The van der Waals surface area contributed by atoms with E-state index in [1.54, 1.807) is 0 Å². The number of aliphatic hydroxyl groups is 4. The summed E-state index contributed by atoms with van der Waals surface area (Å²) in [6.45, 7) is 4.08. The van der Waals surface area contributed by atoms with Crippen LogP contribution in [0.2, 0.25) is 0 Å². The maximum atomic E-state index is 12.5. The van der Waals surface area contributed by atoms with Gasteiger partial charge in [-0.1, -0.05) is 290 Å². The molecule has 4 unspecified atom stereocenters. The summed E-state index contributed by atoms with van der Waals surface area (Å²) < 4.78 is 0. The van der Waals surface area contributed by atoms with E-state index in [4.69, 9.17) is 0 Å². The van der Waals surface area contributed by atoms with Gasteiger partial charge in [0, 0.05) is 0 Å². The van der Waals surface area contributed by atoms with Crippen LogP contribution in [0.4, 0.5) is 0 Å². The smallest absolute Gasteiger partial charge is 0.249 e. The lowest BCUT2D eigenvalue weighted by atomic mass is 9.99. The third-order valence-electron chi connectivity index (χ3n) is 13.1. The van der Waals surface area contributed by atoms with Gasteiger partial charge in [-0.2, -0.15) is 0 Å². The molecule has 4 atom stereocenters. The molecule has 0 aromatic carbocycles. The molecular formula is C53H107NO5. The summed E-state index contributed by atoms with van der Waals surface area (Å²) in [5.41, 5.74) is 0. The SMILES string of the molecule is CCCCCCCCCCCCCCCCCCCCCCCCCCCCCCCCC(O)C(O)C(CO)NC(=O)C(O)CCCCCCCCCCCCCCC. The number of amides is 1. The highest BCUT2D eigenvalue weighted by Crippen LogP contribution is 2.18. The summed E-state index contributed by atoms with van der Waals surface area (Å²) in [6.07, 6.45) is 54.6. The van der Waals surface area contributed by atoms with Crippen LogP contribution >= 0.6 is 0 Å². The second-order valence-corrected chi connectivity index (χ2v) is 18.9. The Bertz CT molecular complexity index is 811. The highest BCUT2D eigenvalue weighted by atomic mass is 16.3. The maximum absolute atomic E-state index is 12.5. The van der Waals surface area contributed by atoms with Gasteiger partial charge in [0.05, 0.1) is 18.8 Å². The molecule has 6 heteroatoms. The topological polar surface area (TPSA) is 110 Å². The number of unbranched alkanes of at least 4 members (excludes halogenated alkanes) is 41. The largest absolute Gasteiger partial charge is 0.394 e. The van der Waals surface area contributed by atoms with Gasteiger partial charge in [-0.15, -0.1) is 0 Å². The molecule has 0 saturated carbocycles. The van der Waals surface area contributed by atoms with Crippen LogP contribution in [-0.2, 0) is 4.79 Å². The van der Waals surface area contributed by atoms with E-state index in [-0.39, 0.29) is 0 Å². The molecule has 0 heterocycles. The van der Waals surface area contributed by atoms with Gasteiger partial charge in [-0.05, 0) is 12.8 Å². The van der Waals surface area contributed by atoms with Gasteiger partial charge in [-0.3, -0.25) is 4.79 Å². The highest BCUT2D eigenvalue weighted by Gasteiger charge is 2.28. The molecule has 59 heavy (non-hydrogen) atoms. The van der Waals surface area contributed by atoms with Crippen LogP contribution in [0.5, 0.6) is 0 Å². The number of hydrogen-bond acceptors (Lipinski definition) is 5. The quantitative estimate of drug-likeness (QED) is 0.0392. The van der Waals surface area contributed by atoms with Gasteiger partial charge in [0.15, 0.2) is 0 Å². The van der Waals surface area contributed by atoms with E-state index in [1.807, 2.05) is 0 Å². The van der Waals surface area contributed by atoms with Crippen LogP contribution in [0.15, 0.2) is 0 Å². The Kier molecular flexibility index (Phi) is 47.8. The monoisotopic (exact) mass is 838 g/mol. The summed E-state index contributed by atoms with van der Waals surface area (Å²) in [4.78, 5) is 12.5. The lowest BCUT2D eigenvalue weighted by Gasteiger charge is -2.27. The van der Waals surface area contributed by atoms with Crippen LogP contribution in [0.25, 0.3) is 0 Å². The zero-order valence-electron chi connectivity index (χ0n) is 40.0. The van der Waals surface area contributed by atoms with Crippen LogP contribution in [0.3, 0.4) is 0 Å². The fraction of sp³-hybridized carbons (Fsp3) is 0.981. The molecule has 0 aromatic rings. The second-order valence-electron chi connectivity index (χ2n) is 18.9. The Morgan fingerprint density at radius 2 is 0.576 bits per heavy atom. The van der Waals surface area contributed by atoms with Crippen LogP contribution in [-0.4, -0.2) is 57.3 Å². The highest BCUT2D eigenvalue weighted by molar-refractivity contribution is 5.80. The van der Waals surface area contributed by atoms with Crippen LogP contribution in [0, 0.1) is 0 Å². The molecule has 0 rings (SSSR count). The minimum absolute atomic E-state index is 0.375. The van der Waals surface area contributed by atoms with Crippen molar-refractivity contribution >= 4 is 5.91 Å². The van der Waals surface area contributed by atoms with Gasteiger partial charge in [0.2, 0.25) is 5.91 Å². The number of rotatable bonds is 50. The van der Waals surface area contributed by atoms with Crippen molar-refractivity contribution in [2.24, 2.45) is 0 Å². The first-order chi connectivity index (χ1) is 29.0. The summed E-state index contributed by atoms with van der Waals surface area (Å²) in [5, 5.41) is 43.9. The van der Waals surface area contributed by atoms with Crippen molar-refractivity contribution in [3.8, 4) is 0 Å². The predicted molar refractivity (Wildman–Crippen MR) is 256 cm³/mol. The Labute approximate surface area is 369 Å². The minimum atomic E-state index is -1.25. The zero-order chi connectivity index (χ0) is 43.1. The number of carbonyl (C=O) groups is 1. The molecule has 354 valence electrons. The average molecular weight is 838 g/mol. The zero-order valence-corrected chi connectivity index (χ0v) is 40.0. The number of nitrogens with one attached hydrogen (secondary N) is 1. The van der Waals surface area contributed by atoms with Crippen molar-refractivity contribution in [3.05, 3.63) is 0 Å². The van der Waals surface area contributed by atoms with Gasteiger partial charge in [-0.25, -0.2) is 0 Å². The molecule has 0 bridgehead atoms. The fourth-order valence-electron chi connectivity index (χ4n) is 8.82. The van der Waals surface area contributed by atoms with E-state index in [9.17, 15) is 25.2 Å². The normalized spacial score (nSPS) is 13.8. The third kappa shape index (κ3) is 42.4. The molecule has 0 spiro atoms. The Balaban J connectivity index is 3.53. The van der Waals surface area contributed by atoms with Gasteiger partial charge in [0.1, 0.15) is 12.2 Å². The summed E-state index contributed by atoms with van der Waals surface area (Å²) in [5.74, 6) is -0.579. The first-order valence-electron chi connectivity index (χ1n) is 26.9. The second kappa shape index (κ2) is 48.3. The molecule has 1 amide bonds. The first-order valence-corrected chi connectivity index (χ1v) is 26.9. The number of carbonyl (C=O) groups excluding carboxylic acids is 1. The van der Waals surface area contributed by atoms with Gasteiger partial charge in [0.25, 0.3) is 0 Å². The maximum Gasteiger partial charge on any atom is 0.249 e. The van der Waals surface area contributed by atoms with Crippen LogP contribution < -0.4 is 5.32 Å². The van der Waals surface area contributed by atoms with Crippen molar-refractivity contribution in [3.63, 3.8) is 0 Å². The molecule has 0 aromatic heterocycles. The molecule has 0 fully saturated rings. The molecule has 0 radical (unpaired) electrons. The third-order valence-corrected chi connectivity index (χ3v) is 13.1. The molecule has 0 aliphatic carbocycles. The lowest BCUT2D eigenvalue weighted by Crippen LogP contribution is -2.53. The number of hydrogen-bond donors (Lipinski definition) is 5. The van der Waals surface area contributed by atoms with E-state index in [2.05, 4.69) is 19.2 Å². The van der Waals surface area contributed by atoms with Crippen molar-refractivity contribution in [1.29, 1.82) is 0 Å². The van der Waals surface area contributed by atoms with Crippen molar-refractivity contribution in [1.82, 2.24) is 5.32 Å². The van der Waals surface area contributed by atoms with Crippen LogP contribution in [0.1, 0.15) is 303 Å². The standard InChI is InChI=1S/C53H107NO5/c1-3-5-7-9-11-13-15-17-18-19-20-21-22-23-24-25-26-27-28-29-30-31-32-33-35-36-38-40-42-44-46-50(56)52(58)49(48-55)54-53(59)51(57)47-45-43-41-39-37-34-16-14-12-10-8-6-4-2/h49-52,55-58H,3-48H2,1-2H3,(H,54,59). The molecule has 6 nitrogen and oxygen atoms in total. The first kappa shape index (κ1) is 58.3.